The summed E-state index contributed by atoms with van der Waals surface area (Å²) in [5.74, 6) is 0.713. The Labute approximate surface area is 129 Å². The molecule has 1 aliphatic rings. The molecule has 1 aromatic carbocycles. The van der Waals surface area contributed by atoms with E-state index in [1.807, 2.05) is 0 Å². The molecule has 0 saturated carbocycles. The summed E-state index contributed by atoms with van der Waals surface area (Å²) in [6.07, 6.45) is 0.461. The van der Waals surface area contributed by atoms with E-state index in [0.29, 0.717) is 23.8 Å². The predicted molar refractivity (Wildman–Crippen MR) is 84.2 cm³/mol. The molecule has 0 aliphatic carbocycles. The van der Waals surface area contributed by atoms with Gasteiger partial charge in [-0.25, -0.2) is 0 Å². The molecule has 0 spiro atoms. The zero-order valence-electron chi connectivity index (χ0n) is 12.0. The number of nitrogens with zero attached hydrogens (tertiary/aromatic N) is 1. The van der Waals surface area contributed by atoms with Crippen LogP contribution in [0.1, 0.15) is 18.9 Å². The van der Waals surface area contributed by atoms with Crippen molar-refractivity contribution in [3.8, 4) is 5.75 Å². The average molecular weight is 308 g/mol. The molecule has 6 heteroatoms. The summed E-state index contributed by atoms with van der Waals surface area (Å²) in [6.45, 7) is 3.04. The number of rotatable bonds is 5. The number of carbonyl (C=O) groups is 1. The molecule has 1 aliphatic heterocycles. The zero-order chi connectivity index (χ0) is 15.4. The minimum Gasteiger partial charge on any atom is -0.484 e. The molecule has 3 N–H and O–H groups in total. The maximum Gasteiger partial charge on any atom is 0.260 e. The molecule has 1 heterocycles. The number of thiocarbonyl (C=S) groups is 1. The number of ether oxygens (including phenoxy) is 1. The third kappa shape index (κ3) is 4.15. The maximum atomic E-state index is 12.0. The molecular formula is C15H20N2O3S. The van der Waals surface area contributed by atoms with Crippen LogP contribution in [-0.2, 0) is 4.79 Å². The molecule has 0 radical (unpaired) electrons. The van der Waals surface area contributed by atoms with Crippen LogP contribution in [0.2, 0.25) is 0 Å². The van der Waals surface area contributed by atoms with Crippen LogP contribution in [0.15, 0.2) is 24.3 Å². The third-order valence-electron chi connectivity index (χ3n) is 3.76. The summed E-state index contributed by atoms with van der Waals surface area (Å²) in [4.78, 5) is 14.1. The van der Waals surface area contributed by atoms with Gasteiger partial charge in [0.2, 0.25) is 0 Å². The third-order valence-corrected chi connectivity index (χ3v) is 4.00. The standard InChI is InChI=1S/C15H20N2O3S/c1-10(18)12-6-7-17(8-12)14(19)9-20-13-4-2-11(3-5-13)15(16)21/h2-5,10,12,18H,6-9H2,1H3,(H2,16,21). The van der Waals surface area contributed by atoms with Crippen molar-refractivity contribution in [1.29, 1.82) is 0 Å². The molecule has 1 fully saturated rings. The lowest BCUT2D eigenvalue weighted by Crippen LogP contribution is -2.34. The molecule has 114 valence electrons. The number of hydrogen-bond acceptors (Lipinski definition) is 4. The van der Waals surface area contributed by atoms with Crippen LogP contribution in [0.3, 0.4) is 0 Å². The SMILES string of the molecule is CC(O)C1CCN(C(=O)COc2ccc(C(N)=S)cc2)C1. The fourth-order valence-corrected chi connectivity index (χ4v) is 2.50. The smallest absolute Gasteiger partial charge is 0.260 e. The zero-order valence-corrected chi connectivity index (χ0v) is 12.8. The van der Waals surface area contributed by atoms with Gasteiger partial charge in [0.25, 0.3) is 5.91 Å². The molecule has 1 aromatic rings. The second-order valence-electron chi connectivity index (χ2n) is 5.31. The molecule has 2 rings (SSSR count). The Morgan fingerprint density at radius 2 is 2.19 bits per heavy atom. The van der Waals surface area contributed by atoms with E-state index in [2.05, 4.69) is 0 Å². The Bertz CT molecular complexity index is 516. The van der Waals surface area contributed by atoms with Crippen LogP contribution in [-0.4, -0.2) is 46.7 Å². The van der Waals surface area contributed by atoms with E-state index < -0.39 is 0 Å². The maximum absolute atomic E-state index is 12.0. The van der Waals surface area contributed by atoms with E-state index in [1.165, 1.54) is 0 Å². The summed E-state index contributed by atoms with van der Waals surface area (Å²) < 4.78 is 5.47. The highest BCUT2D eigenvalue weighted by Crippen LogP contribution is 2.20. The van der Waals surface area contributed by atoms with E-state index in [-0.39, 0.29) is 24.5 Å². The molecular weight excluding hydrogens is 288 g/mol. The Morgan fingerprint density at radius 3 is 2.71 bits per heavy atom. The van der Waals surface area contributed by atoms with Gasteiger partial charge >= 0.3 is 0 Å². The summed E-state index contributed by atoms with van der Waals surface area (Å²) in [6, 6.07) is 7.01. The van der Waals surface area contributed by atoms with Crippen molar-refractivity contribution in [2.45, 2.75) is 19.4 Å². The van der Waals surface area contributed by atoms with Gasteiger partial charge in [-0.3, -0.25) is 4.79 Å². The number of nitrogens with two attached hydrogens (primary N) is 1. The molecule has 1 amide bonds. The summed E-state index contributed by atoms with van der Waals surface area (Å²) in [7, 11) is 0. The normalized spacial score (nSPS) is 19.3. The van der Waals surface area contributed by atoms with Gasteiger partial charge in [-0.2, -0.15) is 0 Å². The lowest BCUT2D eigenvalue weighted by Gasteiger charge is -2.18. The van der Waals surface area contributed by atoms with Crippen LogP contribution in [0.25, 0.3) is 0 Å². The average Bonchev–Trinajstić information content (AvgIpc) is 2.95. The van der Waals surface area contributed by atoms with E-state index >= 15 is 0 Å². The monoisotopic (exact) mass is 308 g/mol. The van der Waals surface area contributed by atoms with Crippen molar-refractivity contribution in [3.63, 3.8) is 0 Å². The molecule has 1 saturated heterocycles. The van der Waals surface area contributed by atoms with Gasteiger partial charge in [-0.05, 0) is 37.6 Å². The lowest BCUT2D eigenvalue weighted by molar-refractivity contribution is -0.132. The number of amides is 1. The first-order valence-electron chi connectivity index (χ1n) is 6.96. The Morgan fingerprint density at radius 1 is 1.52 bits per heavy atom. The molecule has 5 nitrogen and oxygen atoms in total. The highest BCUT2D eigenvalue weighted by Gasteiger charge is 2.29. The van der Waals surface area contributed by atoms with Crippen LogP contribution in [0.5, 0.6) is 5.75 Å². The number of benzene rings is 1. The van der Waals surface area contributed by atoms with Crippen molar-refractivity contribution < 1.29 is 14.6 Å². The minimum absolute atomic E-state index is 0.00104. The highest BCUT2D eigenvalue weighted by molar-refractivity contribution is 7.80. The number of carbonyl (C=O) groups excluding carboxylic acids is 1. The Balaban J connectivity index is 1.83. The van der Waals surface area contributed by atoms with Crippen molar-refractivity contribution in [1.82, 2.24) is 4.90 Å². The largest absolute Gasteiger partial charge is 0.484 e. The van der Waals surface area contributed by atoms with Gasteiger partial charge in [0.05, 0.1) is 6.10 Å². The van der Waals surface area contributed by atoms with Crippen molar-refractivity contribution in [3.05, 3.63) is 29.8 Å². The van der Waals surface area contributed by atoms with E-state index in [1.54, 1.807) is 36.1 Å². The molecule has 21 heavy (non-hydrogen) atoms. The van der Waals surface area contributed by atoms with Gasteiger partial charge in [0, 0.05) is 24.6 Å². The quantitative estimate of drug-likeness (QED) is 0.792. The fraction of sp³-hybridized carbons (Fsp3) is 0.467. The van der Waals surface area contributed by atoms with E-state index in [4.69, 9.17) is 22.7 Å². The molecule has 0 aromatic heterocycles. The summed E-state index contributed by atoms with van der Waals surface area (Å²) in [5, 5.41) is 9.54. The van der Waals surface area contributed by atoms with Gasteiger partial charge in [-0.1, -0.05) is 12.2 Å². The van der Waals surface area contributed by atoms with E-state index in [0.717, 1.165) is 12.0 Å². The Kier molecular flexibility index (Phi) is 5.14. The topological polar surface area (TPSA) is 75.8 Å². The first-order chi connectivity index (χ1) is 9.97. The highest BCUT2D eigenvalue weighted by atomic mass is 32.1. The first kappa shape index (κ1) is 15.7. The lowest BCUT2D eigenvalue weighted by atomic mass is 10.0. The number of hydrogen-bond donors (Lipinski definition) is 2. The van der Waals surface area contributed by atoms with Gasteiger partial charge in [-0.15, -0.1) is 0 Å². The molecule has 2 atom stereocenters. The summed E-state index contributed by atoms with van der Waals surface area (Å²) >= 11 is 4.87. The van der Waals surface area contributed by atoms with Crippen LogP contribution in [0, 0.1) is 5.92 Å². The second kappa shape index (κ2) is 6.87. The minimum atomic E-state index is -0.378. The van der Waals surface area contributed by atoms with Crippen LogP contribution >= 0.6 is 12.2 Å². The van der Waals surface area contributed by atoms with Gasteiger partial charge < -0.3 is 20.5 Å². The predicted octanol–water partition coefficient (Wildman–Crippen LogP) is 0.929. The van der Waals surface area contributed by atoms with Crippen molar-refractivity contribution in [2.75, 3.05) is 19.7 Å². The van der Waals surface area contributed by atoms with Crippen LogP contribution < -0.4 is 10.5 Å². The van der Waals surface area contributed by atoms with E-state index in [9.17, 15) is 9.90 Å². The molecule has 2 unspecified atom stereocenters. The molecule has 0 bridgehead atoms. The van der Waals surface area contributed by atoms with Crippen molar-refractivity contribution >= 4 is 23.1 Å². The fourth-order valence-electron chi connectivity index (χ4n) is 2.36. The van der Waals surface area contributed by atoms with Gasteiger partial charge in [0.15, 0.2) is 6.61 Å². The first-order valence-corrected chi connectivity index (χ1v) is 7.36. The Hall–Kier alpha value is -1.66. The number of aliphatic hydroxyl groups excluding tert-OH is 1. The van der Waals surface area contributed by atoms with Crippen molar-refractivity contribution in [2.24, 2.45) is 11.7 Å². The van der Waals surface area contributed by atoms with Gasteiger partial charge in [0.1, 0.15) is 10.7 Å². The van der Waals surface area contributed by atoms with Crippen LogP contribution in [0.4, 0.5) is 0 Å². The second-order valence-corrected chi connectivity index (χ2v) is 5.75. The number of likely N-dealkylation sites (tertiary alicyclic amines) is 1. The number of aliphatic hydroxyl groups is 1. The summed E-state index contributed by atoms with van der Waals surface area (Å²) in [5.41, 5.74) is 6.28.